The Kier molecular flexibility index (Phi) is 4.52. The molecule has 9 nitrogen and oxygen atoms in total. The first-order valence-electron chi connectivity index (χ1n) is 9.75. The Hall–Kier alpha value is -2.81. The summed E-state index contributed by atoms with van der Waals surface area (Å²) >= 11 is 0. The maximum absolute atomic E-state index is 5.97. The molecule has 4 heterocycles. The summed E-state index contributed by atoms with van der Waals surface area (Å²) in [4.78, 5) is 11.0. The Morgan fingerprint density at radius 1 is 1.04 bits per heavy atom. The second-order valence-corrected chi connectivity index (χ2v) is 7.56. The van der Waals surface area contributed by atoms with Gasteiger partial charge in [-0.2, -0.15) is 5.10 Å². The second-order valence-electron chi connectivity index (χ2n) is 7.56. The molecule has 146 valence electrons. The summed E-state index contributed by atoms with van der Waals surface area (Å²) in [6.45, 7) is 2.57. The molecule has 0 spiro atoms. The standard InChI is InChI=1S/C19H23N7O2/c1-25-11-15(10-22-25)14-8-20-19(21-9-14)27-16-4-6-26(7-5-16)12-17-23-24-18(28-17)13-2-3-13/h8-11,13,16H,2-7,12H2,1H3. The van der Waals surface area contributed by atoms with Gasteiger partial charge in [0.25, 0.3) is 0 Å². The fourth-order valence-corrected chi connectivity index (χ4v) is 3.45. The van der Waals surface area contributed by atoms with Crippen LogP contribution in [0.3, 0.4) is 0 Å². The van der Waals surface area contributed by atoms with Crippen LogP contribution in [-0.2, 0) is 13.6 Å². The van der Waals surface area contributed by atoms with Crippen molar-refractivity contribution in [1.82, 2.24) is 34.8 Å². The molecule has 3 aromatic rings. The molecule has 0 aromatic carbocycles. The molecule has 0 radical (unpaired) electrons. The van der Waals surface area contributed by atoms with Crippen LogP contribution in [0.5, 0.6) is 6.01 Å². The molecular weight excluding hydrogens is 358 g/mol. The number of hydrogen-bond acceptors (Lipinski definition) is 8. The van der Waals surface area contributed by atoms with Crippen LogP contribution in [0.2, 0.25) is 0 Å². The van der Waals surface area contributed by atoms with Gasteiger partial charge in [0.05, 0.1) is 12.7 Å². The van der Waals surface area contributed by atoms with Crippen molar-refractivity contribution in [2.24, 2.45) is 7.05 Å². The fourth-order valence-electron chi connectivity index (χ4n) is 3.45. The molecule has 1 saturated carbocycles. The second kappa shape index (κ2) is 7.31. The van der Waals surface area contributed by atoms with Crippen LogP contribution in [0.25, 0.3) is 11.1 Å². The van der Waals surface area contributed by atoms with E-state index in [1.807, 2.05) is 13.2 Å². The molecule has 28 heavy (non-hydrogen) atoms. The average molecular weight is 381 g/mol. The van der Waals surface area contributed by atoms with E-state index >= 15 is 0 Å². The summed E-state index contributed by atoms with van der Waals surface area (Å²) in [6.07, 6.45) is 11.6. The Labute approximate surface area is 162 Å². The molecule has 2 fully saturated rings. The summed E-state index contributed by atoms with van der Waals surface area (Å²) in [5.41, 5.74) is 1.92. The van der Waals surface area contributed by atoms with Crippen molar-refractivity contribution in [1.29, 1.82) is 0 Å². The summed E-state index contributed by atoms with van der Waals surface area (Å²) < 4.78 is 13.5. The third kappa shape index (κ3) is 3.89. The zero-order valence-corrected chi connectivity index (χ0v) is 15.9. The van der Waals surface area contributed by atoms with E-state index in [4.69, 9.17) is 9.15 Å². The van der Waals surface area contributed by atoms with Crippen molar-refractivity contribution >= 4 is 0 Å². The van der Waals surface area contributed by atoms with Gasteiger partial charge in [-0.3, -0.25) is 9.58 Å². The number of likely N-dealkylation sites (tertiary alicyclic amines) is 1. The topological polar surface area (TPSA) is 95.0 Å². The van der Waals surface area contributed by atoms with Crippen molar-refractivity contribution in [3.8, 4) is 17.1 Å². The van der Waals surface area contributed by atoms with E-state index in [1.165, 1.54) is 12.8 Å². The van der Waals surface area contributed by atoms with Crippen LogP contribution in [0, 0.1) is 0 Å². The van der Waals surface area contributed by atoms with Crippen LogP contribution >= 0.6 is 0 Å². The quantitative estimate of drug-likeness (QED) is 0.641. The molecule has 1 saturated heterocycles. The molecular formula is C19H23N7O2. The molecule has 0 atom stereocenters. The highest BCUT2D eigenvalue weighted by Crippen LogP contribution is 2.39. The van der Waals surface area contributed by atoms with E-state index in [2.05, 4.69) is 30.2 Å². The smallest absolute Gasteiger partial charge is 0.316 e. The first-order chi connectivity index (χ1) is 13.7. The molecule has 1 aliphatic carbocycles. The summed E-state index contributed by atoms with van der Waals surface area (Å²) in [5.74, 6) is 2.03. The molecule has 0 N–H and O–H groups in total. The molecule has 9 heteroatoms. The third-order valence-electron chi connectivity index (χ3n) is 5.24. The van der Waals surface area contributed by atoms with Crippen LogP contribution in [0.1, 0.15) is 43.4 Å². The van der Waals surface area contributed by atoms with E-state index in [0.717, 1.165) is 48.8 Å². The number of aromatic nitrogens is 6. The van der Waals surface area contributed by atoms with Gasteiger partial charge in [-0.25, -0.2) is 9.97 Å². The predicted molar refractivity (Wildman–Crippen MR) is 99.4 cm³/mol. The number of piperidine rings is 1. The van der Waals surface area contributed by atoms with E-state index < -0.39 is 0 Å². The Morgan fingerprint density at radius 3 is 2.50 bits per heavy atom. The maximum Gasteiger partial charge on any atom is 0.316 e. The van der Waals surface area contributed by atoms with Crippen LogP contribution in [-0.4, -0.2) is 54.0 Å². The number of hydrogen-bond donors (Lipinski definition) is 0. The van der Waals surface area contributed by atoms with Crippen molar-refractivity contribution in [2.45, 2.75) is 44.2 Å². The van der Waals surface area contributed by atoms with Gasteiger partial charge in [0.2, 0.25) is 11.8 Å². The maximum atomic E-state index is 5.97. The fraction of sp³-hybridized carbons (Fsp3) is 0.526. The van der Waals surface area contributed by atoms with Gasteiger partial charge in [-0.1, -0.05) is 0 Å². The molecule has 5 rings (SSSR count). The molecule has 0 amide bonds. The van der Waals surface area contributed by atoms with Crippen LogP contribution < -0.4 is 4.74 Å². The molecule has 2 aliphatic rings. The van der Waals surface area contributed by atoms with Gasteiger partial charge >= 0.3 is 6.01 Å². The zero-order valence-electron chi connectivity index (χ0n) is 15.9. The van der Waals surface area contributed by atoms with Gasteiger partial charge < -0.3 is 9.15 Å². The highest BCUT2D eigenvalue weighted by atomic mass is 16.5. The Morgan fingerprint density at radius 2 is 1.82 bits per heavy atom. The number of aryl methyl sites for hydroxylation is 1. The van der Waals surface area contributed by atoms with Crippen molar-refractivity contribution in [3.63, 3.8) is 0 Å². The van der Waals surface area contributed by atoms with Crippen LogP contribution in [0.15, 0.2) is 29.2 Å². The largest absolute Gasteiger partial charge is 0.460 e. The van der Waals surface area contributed by atoms with Gasteiger partial charge in [-0.15, -0.1) is 10.2 Å². The first kappa shape index (κ1) is 17.3. The lowest BCUT2D eigenvalue weighted by Gasteiger charge is -2.30. The Balaban J connectivity index is 1.11. The summed E-state index contributed by atoms with van der Waals surface area (Å²) in [5, 5.41) is 12.5. The lowest BCUT2D eigenvalue weighted by atomic mass is 10.1. The van der Waals surface area contributed by atoms with Crippen molar-refractivity contribution in [2.75, 3.05) is 13.1 Å². The minimum absolute atomic E-state index is 0.130. The molecule has 1 aliphatic heterocycles. The highest BCUT2D eigenvalue weighted by Gasteiger charge is 2.30. The van der Waals surface area contributed by atoms with Gasteiger partial charge in [0.15, 0.2) is 0 Å². The number of ether oxygens (including phenoxy) is 1. The lowest BCUT2D eigenvalue weighted by Crippen LogP contribution is -2.38. The highest BCUT2D eigenvalue weighted by molar-refractivity contribution is 5.59. The SMILES string of the molecule is Cn1cc(-c2cnc(OC3CCN(Cc4nnc(C5CC5)o4)CC3)nc2)cn1. The molecule has 0 unspecified atom stereocenters. The minimum Gasteiger partial charge on any atom is -0.460 e. The average Bonchev–Trinajstić information content (AvgIpc) is 3.31. The van der Waals surface area contributed by atoms with Crippen molar-refractivity contribution < 1.29 is 9.15 Å². The van der Waals surface area contributed by atoms with E-state index in [9.17, 15) is 0 Å². The van der Waals surface area contributed by atoms with Crippen LogP contribution in [0.4, 0.5) is 0 Å². The van der Waals surface area contributed by atoms with E-state index in [0.29, 0.717) is 18.5 Å². The van der Waals surface area contributed by atoms with E-state index in [-0.39, 0.29) is 6.10 Å². The zero-order chi connectivity index (χ0) is 18.9. The Bertz CT molecular complexity index is 924. The monoisotopic (exact) mass is 381 g/mol. The predicted octanol–water partition coefficient (Wildman–Crippen LogP) is 2.18. The number of rotatable bonds is 6. The van der Waals surface area contributed by atoms with E-state index in [1.54, 1.807) is 23.3 Å². The van der Waals surface area contributed by atoms with Gasteiger partial charge in [0.1, 0.15) is 6.10 Å². The minimum atomic E-state index is 0.130. The molecule has 0 bridgehead atoms. The normalized spacial score (nSPS) is 18.5. The van der Waals surface area contributed by atoms with Crippen molar-refractivity contribution in [3.05, 3.63) is 36.6 Å². The van der Waals surface area contributed by atoms with Gasteiger partial charge in [-0.05, 0) is 25.7 Å². The third-order valence-corrected chi connectivity index (χ3v) is 5.24. The number of nitrogens with zero attached hydrogens (tertiary/aromatic N) is 7. The molecule has 3 aromatic heterocycles. The summed E-state index contributed by atoms with van der Waals surface area (Å²) in [7, 11) is 1.89. The van der Waals surface area contributed by atoms with Gasteiger partial charge in [0, 0.05) is 55.8 Å². The first-order valence-corrected chi connectivity index (χ1v) is 9.75. The summed E-state index contributed by atoms with van der Waals surface area (Å²) in [6, 6.07) is 0.428. The lowest BCUT2D eigenvalue weighted by molar-refractivity contribution is 0.0846.